The van der Waals surface area contributed by atoms with Gasteiger partial charge >= 0.3 is 0 Å². The molecule has 0 bridgehead atoms. The van der Waals surface area contributed by atoms with E-state index >= 15 is 0 Å². The Hall–Kier alpha value is -3.27. The molecule has 35 heavy (non-hydrogen) atoms. The van der Waals surface area contributed by atoms with Gasteiger partial charge in [-0.05, 0) is 48.9 Å². The van der Waals surface area contributed by atoms with Crippen molar-refractivity contribution in [3.05, 3.63) is 66.2 Å². The Kier molecular flexibility index (Phi) is 5.55. The maximum atomic E-state index is 13.1. The minimum Gasteiger partial charge on any atom is -0.385 e. The van der Waals surface area contributed by atoms with Gasteiger partial charge in [0.1, 0.15) is 0 Å². The van der Waals surface area contributed by atoms with Crippen LogP contribution >= 0.6 is 11.8 Å². The molecule has 2 fully saturated rings. The summed E-state index contributed by atoms with van der Waals surface area (Å²) < 4.78 is 7.31. The lowest BCUT2D eigenvalue weighted by Gasteiger charge is -2.26. The highest BCUT2D eigenvalue weighted by Crippen LogP contribution is 2.45. The number of thioether (sulfide) groups is 1. The fraction of sp³-hybridized carbons (Fsp3) is 0.308. The highest BCUT2D eigenvalue weighted by atomic mass is 32.2. The summed E-state index contributed by atoms with van der Waals surface area (Å²) in [7, 11) is 0. The van der Waals surface area contributed by atoms with Crippen molar-refractivity contribution < 1.29 is 14.6 Å². The van der Waals surface area contributed by atoms with E-state index in [4.69, 9.17) is 4.74 Å². The van der Waals surface area contributed by atoms with Crippen LogP contribution in [0.4, 0.5) is 0 Å². The van der Waals surface area contributed by atoms with Crippen LogP contribution in [0.25, 0.3) is 28.1 Å². The minimum absolute atomic E-state index is 0.00758. The molecule has 2 aliphatic rings. The van der Waals surface area contributed by atoms with Crippen molar-refractivity contribution in [3.63, 3.8) is 0 Å². The summed E-state index contributed by atoms with van der Waals surface area (Å²) in [6.45, 7) is 2.34. The van der Waals surface area contributed by atoms with Gasteiger partial charge in [0.15, 0.2) is 0 Å². The normalized spacial score (nSPS) is 17.0. The molecular formula is C26H25N5O3S. The summed E-state index contributed by atoms with van der Waals surface area (Å²) in [5, 5.41) is 11.5. The van der Waals surface area contributed by atoms with E-state index in [-0.39, 0.29) is 5.91 Å². The van der Waals surface area contributed by atoms with Gasteiger partial charge in [0.25, 0.3) is 5.91 Å². The Bertz CT molecular complexity index is 1410. The molecule has 1 saturated carbocycles. The second-order valence-electron chi connectivity index (χ2n) is 8.94. The number of aromatic nitrogens is 4. The SMILES string of the molecule is CSc1cn(-c2ncc(-c3cc(C4(O)CC4)ccn3)cn2)c2cc(C(=O)N3CCOCC3)ccc12. The summed E-state index contributed by atoms with van der Waals surface area (Å²) in [6.07, 6.45) is 10.8. The highest BCUT2D eigenvalue weighted by Gasteiger charge is 2.42. The summed E-state index contributed by atoms with van der Waals surface area (Å²) in [5.41, 5.74) is 3.21. The molecule has 3 aromatic heterocycles. The average Bonchev–Trinajstić information content (AvgIpc) is 3.57. The third-order valence-corrected chi connectivity index (χ3v) is 7.47. The van der Waals surface area contributed by atoms with E-state index < -0.39 is 5.60 Å². The number of pyridine rings is 1. The molecule has 1 saturated heterocycles. The summed E-state index contributed by atoms with van der Waals surface area (Å²) in [6, 6.07) is 9.58. The number of amides is 1. The number of benzene rings is 1. The third-order valence-electron chi connectivity index (χ3n) is 6.70. The number of nitrogens with zero attached hydrogens (tertiary/aromatic N) is 5. The summed E-state index contributed by atoms with van der Waals surface area (Å²) in [4.78, 5) is 29.7. The van der Waals surface area contributed by atoms with E-state index in [1.165, 1.54) is 0 Å². The quantitative estimate of drug-likeness (QED) is 0.430. The predicted octanol–water partition coefficient (Wildman–Crippen LogP) is 3.66. The van der Waals surface area contributed by atoms with Crippen LogP contribution in [0.5, 0.6) is 0 Å². The van der Waals surface area contributed by atoms with Crippen molar-refractivity contribution >= 4 is 28.6 Å². The standard InChI is InChI=1S/C26H25N5O3S/c1-35-23-16-31(22-12-17(2-3-20(22)23)24(32)30-8-10-34-11-9-30)25-28-14-18(15-29-25)21-13-19(4-7-27-21)26(33)5-6-26/h2-4,7,12-16,33H,5-6,8-11H2,1H3. The van der Waals surface area contributed by atoms with Crippen LogP contribution in [0.15, 0.2) is 60.0 Å². The Morgan fingerprint density at radius 1 is 1.09 bits per heavy atom. The van der Waals surface area contributed by atoms with Crippen molar-refractivity contribution in [2.24, 2.45) is 0 Å². The summed E-state index contributed by atoms with van der Waals surface area (Å²) in [5.74, 6) is 0.528. The van der Waals surface area contributed by atoms with Gasteiger partial charge in [-0.2, -0.15) is 0 Å². The molecule has 1 aliphatic heterocycles. The predicted molar refractivity (Wildman–Crippen MR) is 134 cm³/mol. The molecule has 0 radical (unpaired) electrons. The number of aliphatic hydroxyl groups is 1. The zero-order valence-electron chi connectivity index (χ0n) is 19.3. The average molecular weight is 488 g/mol. The van der Waals surface area contributed by atoms with E-state index in [1.807, 2.05) is 52.3 Å². The van der Waals surface area contributed by atoms with Crippen LogP contribution in [0.3, 0.4) is 0 Å². The van der Waals surface area contributed by atoms with Crippen molar-refractivity contribution in [1.29, 1.82) is 0 Å². The topological polar surface area (TPSA) is 93.4 Å². The fourth-order valence-electron chi connectivity index (χ4n) is 4.47. The van der Waals surface area contributed by atoms with E-state index in [0.717, 1.165) is 45.5 Å². The number of fused-ring (bicyclic) bond motifs is 1. The number of carbonyl (C=O) groups is 1. The summed E-state index contributed by atoms with van der Waals surface area (Å²) >= 11 is 1.64. The zero-order chi connectivity index (χ0) is 24.0. The molecule has 1 aliphatic carbocycles. The number of carbonyl (C=O) groups excluding carboxylic acids is 1. The van der Waals surface area contributed by atoms with E-state index in [1.54, 1.807) is 30.4 Å². The molecule has 1 N–H and O–H groups in total. The molecule has 0 spiro atoms. The first-order valence-corrected chi connectivity index (χ1v) is 12.9. The minimum atomic E-state index is -0.715. The first-order chi connectivity index (χ1) is 17.1. The van der Waals surface area contributed by atoms with Crippen molar-refractivity contribution in [2.75, 3.05) is 32.6 Å². The number of hydrogen-bond donors (Lipinski definition) is 1. The van der Waals surface area contributed by atoms with Crippen molar-refractivity contribution in [3.8, 4) is 17.2 Å². The van der Waals surface area contributed by atoms with Crippen LogP contribution in [0.1, 0.15) is 28.8 Å². The van der Waals surface area contributed by atoms with Gasteiger partial charge in [-0.1, -0.05) is 6.07 Å². The molecule has 0 atom stereocenters. The first-order valence-electron chi connectivity index (χ1n) is 11.6. The lowest BCUT2D eigenvalue weighted by Crippen LogP contribution is -2.40. The molecule has 4 aromatic rings. The fourth-order valence-corrected chi connectivity index (χ4v) is 5.07. The number of morpholine rings is 1. The van der Waals surface area contributed by atoms with Gasteiger partial charge in [0.2, 0.25) is 5.95 Å². The van der Waals surface area contributed by atoms with Crippen LogP contribution in [0, 0.1) is 0 Å². The van der Waals surface area contributed by atoms with E-state index in [0.29, 0.717) is 37.8 Å². The van der Waals surface area contributed by atoms with E-state index in [2.05, 4.69) is 15.0 Å². The molecule has 9 heteroatoms. The van der Waals surface area contributed by atoms with Crippen LogP contribution < -0.4 is 0 Å². The van der Waals surface area contributed by atoms with E-state index in [9.17, 15) is 9.90 Å². The maximum absolute atomic E-state index is 13.1. The Morgan fingerprint density at radius 2 is 1.86 bits per heavy atom. The third kappa shape index (κ3) is 4.09. The van der Waals surface area contributed by atoms with Gasteiger partial charge in [0, 0.05) is 59.3 Å². The van der Waals surface area contributed by atoms with Gasteiger partial charge in [-0.25, -0.2) is 9.97 Å². The molecule has 1 amide bonds. The van der Waals surface area contributed by atoms with Gasteiger partial charge in [-0.3, -0.25) is 14.3 Å². The Morgan fingerprint density at radius 3 is 2.57 bits per heavy atom. The number of ether oxygens (including phenoxy) is 1. The van der Waals surface area contributed by atoms with Gasteiger partial charge in [-0.15, -0.1) is 11.8 Å². The van der Waals surface area contributed by atoms with Crippen molar-refractivity contribution in [1.82, 2.24) is 24.4 Å². The first kappa shape index (κ1) is 22.2. The second kappa shape index (κ2) is 8.75. The molecule has 6 rings (SSSR count). The molecular weight excluding hydrogens is 462 g/mol. The van der Waals surface area contributed by atoms with Crippen LogP contribution in [0.2, 0.25) is 0 Å². The second-order valence-corrected chi connectivity index (χ2v) is 9.79. The smallest absolute Gasteiger partial charge is 0.254 e. The molecule has 8 nitrogen and oxygen atoms in total. The monoisotopic (exact) mass is 487 g/mol. The molecule has 178 valence electrons. The van der Waals surface area contributed by atoms with Crippen LogP contribution in [-0.4, -0.2) is 68.0 Å². The largest absolute Gasteiger partial charge is 0.385 e. The van der Waals surface area contributed by atoms with Gasteiger partial charge < -0.3 is 14.7 Å². The lowest BCUT2D eigenvalue weighted by atomic mass is 10.1. The highest BCUT2D eigenvalue weighted by molar-refractivity contribution is 7.98. The lowest BCUT2D eigenvalue weighted by molar-refractivity contribution is 0.0303. The Labute approximate surface area is 207 Å². The Balaban J connectivity index is 1.35. The molecule has 4 heterocycles. The number of hydrogen-bond acceptors (Lipinski definition) is 7. The molecule has 1 aromatic carbocycles. The van der Waals surface area contributed by atoms with Gasteiger partial charge in [0.05, 0.1) is 30.0 Å². The zero-order valence-corrected chi connectivity index (χ0v) is 20.2. The van der Waals surface area contributed by atoms with Crippen LogP contribution in [-0.2, 0) is 10.3 Å². The number of rotatable bonds is 5. The van der Waals surface area contributed by atoms with Crippen molar-refractivity contribution in [2.45, 2.75) is 23.3 Å². The molecule has 0 unspecified atom stereocenters. The maximum Gasteiger partial charge on any atom is 0.254 e.